The van der Waals surface area contributed by atoms with Crippen molar-refractivity contribution in [1.29, 1.82) is 0 Å². The summed E-state index contributed by atoms with van der Waals surface area (Å²) in [6, 6.07) is 0. The Labute approximate surface area is 54.8 Å². The van der Waals surface area contributed by atoms with E-state index in [1.54, 1.807) is 0 Å². The second kappa shape index (κ2) is 3.37. The molecule has 1 unspecified atom stereocenters. The highest BCUT2D eigenvalue weighted by molar-refractivity contribution is 7.34. The Bertz CT molecular complexity index is 84.2. The highest BCUT2D eigenvalue weighted by atomic mass is 35.7. The van der Waals surface area contributed by atoms with Gasteiger partial charge in [-0.25, -0.2) is 0 Å². The molecule has 0 radical (unpaired) electrons. The van der Waals surface area contributed by atoms with Crippen molar-refractivity contribution in [3.63, 3.8) is 0 Å². The van der Waals surface area contributed by atoms with Crippen molar-refractivity contribution in [3.05, 3.63) is 0 Å². The van der Waals surface area contributed by atoms with E-state index in [4.69, 9.17) is 28.6 Å². The van der Waals surface area contributed by atoms with Crippen LogP contribution >= 0.6 is 22.2 Å². The van der Waals surface area contributed by atoms with Crippen LogP contribution in [0.2, 0.25) is 5.54 Å². The average molecular weight is 153 g/mol. The van der Waals surface area contributed by atoms with Crippen LogP contribution in [0, 0.1) is 12.3 Å². The van der Waals surface area contributed by atoms with Gasteiger partial charge in [0.15, 0.2) is 0 Å². The highest BCUT2D eigenvalue weighted by Crippen LogP contribution is 2.13. The van der Waals surface area contributed by atoms with Crippen LogP contribution in [-0.4, -0.2) is 7.42 Å². The Hall–Kier alpha value is 0.357. The minimum atomic E-state index is -1.56. The number of rotatable bonds is 1. The van der Waals surface area contributed by atoms with Crippen molar-refractivity contribution in [1.82, 2.24) is 0 Å². The molecule has 0 heterocycles. The van der Waals surface area contributed by atoms with Crippen LogP contribution in [0.3, 0.4) is 0 Å². The Balaban J connectivity index is 3.40. The Morgan fingerprint density at radius 2 is 2.14 bits per heavy atom. The summed E-state index contributed by atoms with van der Waals surface area (Å²) >= 11 is 11.0. The molecule has 3 heteroatoms. The van der Waals surface area contributed by atoms with Gasteiger partial charge in [0.2, 0.25) is 0 Å². The van der Waals surface area contributed by atoms with Crippen molar-refractivity contribution in [3.8, 4) is 12.3 Å². The molecular formula is C4H6Cl2Si. The van der Waals surface area contributed by atoms with E-state index >= 15 is 0 Å². The normalized spacial score (nSPS) is 13.6. The molecule has 1 atom stereocenters. The fourth-order valence-corrected chi connectivity index (χ4v) is 0.655. The van der Waals surface area contributed by atoms with Crippen LogP contribution in [0.15, 0.2) is 0 Å². The lowest BCUT2D eigenvalue weighted by atomic mass is 10.5. The van der Waals surface area contributed by atoms with Gasteiger partial charge in [-0.15, -0.1) is 34.5 Å². The monoisotopic (exact) mass is 152 g/mol. The van der Waals surface area contributed by atoms with Crippen molar-refractivity contribution in [2.75, 3.05) is 0 Å². The predicted octanol–water partition coefficient (Wildman–Crippen LogP) is 1.71. The molecule has 0 spiro atoms. The van der Waals surface area contributed by atoms with Gasteiger partial charge in [-0.05, 0) is 0 Å². The first-order valence-corrected chi connectivity index (χ1v) is 6.08. The third-order valence-corrected chi connectivity index (χ3v) is 3.86. The van der Waals surface area contributed by atoms with E-state index in [0.717, 1.165) is 0 Å². The largest absolute Gasteiger partial charge is 0.251 e. The molecule has 0 aromatic heterocycles. The molecule has 0 nitrogen and oxygen atoms in total. The molecule has 7 heavy (non-hydrogen) atoms. The fraction of sp³-hybridized carbons (Fsp3) is 0.500. The Morgan fingerprint density at radius 3 is 2.14 bits per heavy atom. The van der Waals surface area contributed by atoms with E-state index in [1.165, 1.54) is 0 Å². The second-order valence-corrected chi connectivity index (χ2v) is 6.45. The predicted molar refractivity (Wildman–Crippen MR) is 37.1 cm³/mol. The second-order valence-electron chi connectivity index (χ2n) is 1.29. The molecule has 0 rings (SSSR count). The maximum absolute atomic E-state index is 5.49. The summed E-state index contributed by atoms with van der Waals surface area (Å²) in [5.74, 6) is 2.46. The van der Waals surface area contributed by atoms with E-state index in [2.05, 4.69) is 5.92 Å². The van der Waals surface area contributed by atoms with Crippen LogP contribution in [0.1, 0.15) is 6.92 Å². The summed E-state index contributed by atoms with van der Waals surface area (Å²) in [5, 5.41) is 0. The summed E-state index contributed by atoms with van der Waals surface area (Å²) in [6.45, 7) is 1.86. The van der Waals surface area contributed by atoms with Crippen LogP contribution in [-0.2, 0) is 0 Å². The summed E-state index contributed by atoms with van der Waals surface area (Å²) in [6.07, 6.45) is 4.99. The minimum absolute atomic E-state index is 0.100. The molecule has 40 valence electrons. The maximum Gasteiger partial charge on any atom is 0.251 e. The highest BCUT2D eigenvalue weighted by Gasteiger charge is 2.08. The number of halogens is 2. The van der Waals surface area contributed by atoms with Gasteiger partial charge in [-0.1, -0.05) is 6.92 Å². The molecular weight excluding hydrogens is 147 g/mol. The Morgan fingerprint density at radius 1 is 1.71 bits per heavy atom. The third kappa shape index (κ3) is 2.99. The van der Waals surface area contributed by atoms with Gasteiger partial charge in [0.1, 0.15) is 0 Å². The van der Waals surface area contributed by atoms with Gasteiger partial charge in [-0.3, -0.25) is 0 Å². The van der Waals surface area contributed by atoms with Gasteiger partial charge in [0.05, 0.1) is 0 Å². The first-order chi connectivity index (χ1) is 3.18. The quantitative estimate of drug-likeness (QED) is 0.305. The van der Waals surface area contributed by atoms with Gasteiger partial charge >= 0.3 is 0 Å². The van der Waals surface area contributed by atoms with Crippen molar-refractivity contribution < 1.29 is 0 Å². The summed E-state index contributed by atoms with van der Waals surface area (Å²) in [5.41, 5.74) is 0.100. The third-order valence-electron chi connectivity index (χ3n) is 0.641. The van der Waals surface area contributed by atoms with E-state index in [0.29, 0.717) is 0 Å². The van der Waals surface area contributed by atoms with Gasteiger partial charge in [0, 0.05) is 5.54 Å². The summed E-state index contributed by atoms with van der Waals surface area (Å²) in [4.78, 5) is 0. The lowest BCUT2D eigenvalue weighted by Gasteiger charge is -1.97. The lowest BCUT2D eigenvalue weighted by Crippen LogP contribution is -1.98. The minimum Gasteiger partial charge on any atom is -0.149 e. The molecule has 0 aromatic rings. The van der Waals surface area contributed by atoms with Crippen molar-refractivity contribution in [2.24, 2.45) is 0 Å². The molecule has 0 aliphatic rings. The molecule has 0 N–H and O–H groups in total. The molecule has 0 aliphatic carbocycles. The molecule has 0 saturated heterocycles. The van der Waals surface area contributed by atoms with E-state index < -0.39 is 7.42 Å². The molecule has 0 fully saturated rings. The smallest absolute Gasteiger partial charge is 0.149 e. The van der Waals surface area contributed by atoms with Gasteiger partial charge < -0.3 is 0 Å². The van der Waals surface area contributed by atoms with E-state index in [1.807, 2.05) is 6.92 Å². The van der Waals surface area contributed by atoms with E-state index in [-0.39, 0.29) is 5.54 Å². The topological polar surface area (TPSA) is 0 Å². The number of hydrogen-bond donors (Lipinski definition) is 0. The molecule has 0 amide bonds. The molecule has 0 saturated carbocycles. The molecule has 0 aromatic carbocycles. The number of terminal acetylenes is 1. The zero-order valence-electron chi connectivity index (χ0n) is 3.99. The fourth-order valence-electron chi connectivity index (χ4n) is 0.0727. The first kappa shape index (κ1) is 7.36. The lowest BCUT2D eigenvalue weighted by molar-refractivity contribution is 1.25. The van der Waals surface area contributed by atoms with Crippen molar-refractivity contribution >= 4 is 29.6 Å². The summed E-state index contributed by atoms with van der Waals surface area (Å²) < 4.78 is 0. The molecule has 0 bridgehead atoms. The van der Waals surface area contributed by atoms with Crippen LogP contribution in [0.5, 0.6) is 0 Å². The van der Waals surface area contributed by atoms with Crippen LogP contribution in [0.4, 0.5) is 0 Å². The maximum atomic E-state index is 5.49. The van der Waals surface area contributed by atoms with Crippen molar-refractivity contribution in [2.45, 2.75) is 12.5 Å². The number of hydrogen-bond acceptors (Lipinski definition) is 0. The van der Waals surface area contributed by atoms with Crippen LogP contribution < -0.4 is 0 Å². The van der Waals surface area contributed by atoms with Gasteiger partial charge in [0.25, 0.3) is 7.42 Å². The zero-order valence-corrected chi connectivity index (χ0v) is 6.65. The Kier molecular flexibility index (Phi) is 3.54. The standard InChI is InChI=1S/C4H6Cl2Si/c1-3-4(2)7(5)6/h1,4,7H,2H3. The SMILES string of the molecule is C#CC(C)[SiH](Cl)Cl. The summed E-state index contributed by atoms with van der Waals surface area (Å²) in [7, 11) is -1.56. The van der Waals surface area contributed by atoms with Gasteiger partial charge in [-0.2, -0.15) is 0 Å². The average Bonchev–Trinajstić information content (AvgIpc) is 1.65. The van der Waals surface area contributed by atoms with Crippen LogP contribution in [0.25, 0.3) is 0 Å². The molecule has 0 aliphatic heterocycles. The zero-order chi connectivity index (χ0) is 5.86. The van der Waals surface area contributed by atoms with E-state index in [9.17, 15) is 0 Å². The first-order valence-electron chi connectivity index (χ1n) is 1.92.